The van der Waals surface area contributed by atoms with Crippen LogP contribution in [-0.2, 0) is 0 Å². The SMILES string of the molecule is CC(C)(CCN)CC1CCC(C(C)(C)C)CN1. The predicted molar refractivity (Wildman–Crippen MR) is 76.0 cm³/mol. The molecule has 0 aromatic rings. The zero-order chi connectivity index (χ0) is 13.1. The van der Waals surface area contributed by atoms with Crippen LogP contribution in [0.25, 0.3) is 0 Å². The summed E-state index contributed by atoms with van der Waals surface area (Å²) >= 11 is 0. The van der Waals surface area contributed by atoms with E-state index >= 15 is 0 Å². The Morgan fingerprint density at radius 2 is 1.76 bits per heavy atom. The Hall–Kier alpha value is -0.0800. The van der Waals surface area contributed by atoms with Crippen molar-refractivity contribution in [1.29, 1.82) is 0 Å². The topological polar surface area (TPSA) is 38.0 Å². The maximum absolute atomic E-state index is 5.68. The lowest BCUT2D eigenvalue weighted by atomic mass is 9.73. The van der Waals surface area contributed by atoms with Gasteiger partial charge in [-0.05, 0) is 55.5 Å². The van der Waals surface area contributed by atoms with Gasteiger partial charge in [-0.3, -0.25) is 0 Å². The largest absolute Gasteiger partial charge is 0.330 e. The molecule has 1 rings (SSSR count). The molecular formula is C15H32N2. The van der Waals surface area contributed by atoms with E-state index in [4.69, 9.17) is 5.73 Å². The molecule has 0 aromatic heterocycles. The Morgan fingerprint density at radius 1 is 1.12 bits per heavy atom. The van der Waals surface area contributed by atoms with Crippen LogP contribution in [0.1, 0.15) is 60.3 Å². The molecule has 1 aliphatic rings. The molecule has 17 heavy (non-hydrogen) atoms. The van der Waals surface area contributed by atoms with Gasteiger partial charge in [-0.25, -0.2) is 0 Å². The van der Waals surface area contributed by atoms with E-state index in [1.54, 1.807) is 0 Å². The minimum Gasteiger partial charge on any atom is -0.330 e. The third kappa shape index (κ3) is 4.97. The summed E-state index contributed by atoms with van der Waals surface area (Å²) in [6.07, 6.45) is 5.10. The van der Waals surface area contributed by atoms with Crippen LogP contribution in [-0.4, -0.2) is 19.1 Å². The van der Waals surface area contributed by atoms with Crippen molar-refractivity contribution < 1.29 is 0 Å². The summed E-state index contributed by atoms with van der Waals surface area (Å²) in [5.74, 6) is 0.830. The lowest BCUT2D eigenvalue weighted by Crippen LogP contribution is -2.45. The van der Waals surface area contributed by atoms with E-state index in [0.717, 1.165) is 18.9 Å². The van der Waals surface area contributed by atoms with Gasteiger partial charge in [-0.2, -0.15) is 0 Å². The number of nitrogens with two attached hydrogens (primary N) is 1. The molecule has 1 saturated heterocycles. The second-order valence-corrected chi connectivity index (χ2v) is 7.65. The molecule has 102 valence electrons. The van der Waals surface area contributed by atoms with Gasteiger partial charge < -0.3 is 11.1 Å². The third-order valence-electron chi connectivity index (χ3n) is 4.36. The molecule has 2 nitrogen and oxygen atoms in total. The van der Waals surface area contributed by atoms with Gasteiger partial charge in [0.15, 0.2) is 0 Å². The van der Waals surface area contributed by atoms with Crippen LogP contribution in [0, 0.1) is 16.7 Å². The van der Waals surface area contributed by atoms with Gasteiger partial charge in [-0.15, -0.1) is 0 Å². The first-order chi connectivity index (χ1) is 7.74. The Kier molecular flexibility index (Phi) is 5.03. The Bertz CT molecular complexity index is 220. The van der Waals surface area contributed by atoms with Crippen LogP contribution >= 0.6 is 0 Å². The van der Waals surface area contributed by atoms with Crippen molar-refractivity contribution in [2.45, 2.75) is 66.3 Å². The van der Waals surface area contributed by atoms with Gasteiger partial charge in [0.25, 0.3) is 0 Å². The van der Waals surface area contributed by atoms with E-state index in [0.29, 0.717) is 16.9 Å². The molecule has 0 spiro atoms. The number of rotatable bonds is 4. The molecule has 0 amide bonds. The van der Waals surface area contributed by atoms with Crippen molar-refractivity contribution in [2.24, 2.45) is 22.5 Å². The fraction of sp³-hybridized carbons (Fsp3) is 1.00. The van der Waals surface area contributed by atoms with Crippen molar-refractivity contribution >= 4 is 0 Å². The minimum absolute atomic E-state index is 0.390. The summed E-state index contributed by atoms with van der Waals surface area (Å²) in [7, 11) is 0. The molecule has 3 N–H and O–H groups in total. The standard InChI is InChI=1S/C15H32N2/c1-14(2,3)12-6-7-13(17-11-12)10-15(4,5)8-9-16/h12-13,17H,6-11,16H2,1-5H3. The molecule has 2 unspecified atom stereocenters. The van der Waals surface area contributed by atoms with Gasteiger partial charge in [0.05, 0.1) is 0 Å². The Labute approximate surface area is 108 Å². The highest BCUT2D eigenvalue weighted by molar-refractivity contribution is 4.87. The molecule has 1 fully saturated rings. The first-order valence-corrected chi connectivity index (χ1v) is 7.18. The van der Waals surface area contributed by atoms with E-state index in [9.17, 15) is 0 Å². The molecule has 1 aliphatic heterocycles. The van der Waals surface area contributed by atoms with Crippen LogP contribution in [0.3, 0.4) is 0 Å². The first-order valence-electron chi connectivity index (χ1n) is 7.18. The van der Waals surface area contributed by atoms with Crippen LogP contribution in [0.2, 0.25) is 0 Å². The smallest absolute Gasteiger partial charge is 0.00723 e. The van der Waals surface area contributed by atoms with E-state index in [2.05, 4.69) is 39.9 Å². The van der Waals surface area contributed by atoms with Gasteiger partial charge in [0.1, 0.15) is 0 Å². The molecule has 0 aliphatic carbocycles. The fourth-order valence-corrected chi connectivity index (χ4v) is 2.99. The maximum atomic E-state index is 5.68. The van der Waals surface area contributed by atoms with E-state index in [-0.39, 0.29) is 0 Å². The molecule has 2 heteroatoms. The van der Waals surface area contributed by atoms with E-state index in [1.807, 2.05) is 0 Å². The van der Waals surface area contributed by atoms with Crippen LogP contribution < -0.4 is 11.1 Å². The summed E-state index contributed by atoms with van der Waals surface area (Å²) in [4.78, 5) is 0. The number of hydrogen-bond acceptors (Lipinski definition) is 2. The summed E-state index contributed by atoms with van der Waals surface area (Å²) in [5, 5.41) is 3.75. The minimum atomic E-state index is 0.390. The zero-order valence-electron chi connectivity index (χ0n) is 12.5. The highest BCUT2D eigenvalue weighted by atomic mass is 14.9. The molecule has 2 atom stereocenters. The third-order valence-corrected chi connectivity index (χ3v) is 4.36. The van der Waals surface area contributed by atoms with Crippen molar-refractivity contribution in [3.8, 4) is 0 Å². The monoisotopic (exact) mass is 240 g/mol. The van der Waals surface area contributed by atoms with Crippen LogP contribution in [0.15, 0.2) is 0 Å². The summed E-state index contributed by atoms with van der Waals surface area (Å²) in [6.45, 7) is 13.8. The van der Waals surface area contributed by atoms with Crippen molar-refractivity contribution in [1.82, 2.24) is 5.32 Å². The second kappa shape index (κ2) is 5.71. The van der Waals surface area contributed by atoms with Gasteiger partial charge in [0, 0.05) is 6.04 Å². The molecule has 1 heterocycles. The Morgan fingerprint density at radius 3 is 2.18 bits per heavy atom. The molecule has 0 bridgehead atoms. The number of hydrogen-bond donors (Lipinski definition) is 2. The van der Waals surface area contributed by atoms with Crippen molar-refractivity contribution in [3.05, 3.63) is 0 Å². The summed E-state index contributed by atoms with van der Waals surface area (Å²) in [5.41, 5.74) is 6.52. The highest BCUT2D eigenvalue weighted by Gasteiger charge is 2.31. The van der Waals surface area contributed by atoms with Crippen molar-refractivity contribution in [2.75, 3.05) is 13.1 Å². The van der Waals surface area contributed by atoms with E-state index < -0.39 is 0 Å². The van der Waals surface area contributed by atoms with Crippen molar-refractivity contribution in [3.63, 3.8) is 0 Å². The summed E-state index contributed by atoms with van der Waals surface area (Å²) in [6, 6.07) is 0.704. The van der Waals surface area contributed by atoms with Gasteiger partial charge in [-0.1, -0.05) is 34.6 Å². The normalized spacial score (nSPS) is 27.2. The number of nitrogens with one attached hydrogen (secondary N) is 1. The maximum Gasteiger partial charge on any atom is 0.00723 e. The fourth-order valence-electron chi connectivity index (χ4n) is 2.99. The summed E-state index contributed by atoms with van der Waals surface area (Å²) < 4.78 is 0. The quantitative estimate of drug-likeness (QED) is 0.792. The zero-order valence-corrected chi connectivity index (χ0v) is 12.5. The van der Waals surface area contributed by atoms with Crippen LogP contribution in [0.5, 0.6) is 0 Å². The van der Waals surface area contributed by atoms with Gasteiger partial charge in [0.2, 0.25) is 0 Å². The number of piperidine rings is 1. The molecule has 0 radical (unpaired) electrons. The molecular weight excluding hydrogens is 208 g/mol. The van der Waals surface area contributed by atoms with E-state index in [1.165, 1.54) is 25.8 Å². The predicted octanol–water partition coefficient (Wildman–Crippen LogP) is 3.17. The molecule has 0 aromatic carbocycles. The molecule has 0 saturated carbocycles. The average molecular weight is 240 g/mol. The Balaban J connectivity index is 2.37. The average Bonchev–Trinajstić information content (AvgIpc) is 2.16. The first kappa shape index (κ1) is 15.0. The lowest BCUT2D eigenvalue weighted by molar-refractivity contribution is 0.148. The van der Waals surface area contributed by atoms with Gasteiger partial charge >= 0.3 is 0 Å². The lowest BCUT2D eigenvalue weighted by Gasteiger charge is -2.40. The van der Waals surface area contributed by atoms with Crippen LogP contribution in [0.4, 0.5) is 0 Å². The highest BCUT2D eigenvalue weighted by Crippen LogP contribution is 2.35. The second-order valence-electron chi connectivity index (χ2n) is 7.65.